The number of nitrogens with two attached hydrogens (primary N) is 1. The Morgan fingerprint density at radius 2 is 1.76 bits per heavy atom. The minimum Gasteiger partial charge on any atom is -0.485 e. The molecule has 2 atom stereocenters. The van der Waals surface area contributed by atoms with Crippen molar-refractivity contribution in [3.05, 3.63) is 99.5 Å². The Bertz CT molecular complexity index is 1760. The number of rotatable bonds is 5. The second kappa shape index (κ2) is 12.1. The molecule has 0 aliphatic carbocycles. The maximum absolute atomic E-state index is 13.6. The van der Waals surface area contributed by atoms with Gasteiger partial charge in [-0.15, -0.1) is 11.3 Å². The quantitative estimate of drug-likeness (QED) is 0.214. The molecule has 0 bridgehead atoms. The highest BCUT2D eigenvalue weighted by atomic mass is 32.1. The summed E-state index contributed by atoms with van der Waals surface area (Å²) in [4.78, 5) is 33.3. The lowest BCUT2D eigenvalue weighted by Gasteiger charge is -2.42. The van der Waals surface area contributed by atoms with Crippen molar-refractivity contribution in [2.24, 2.45) is 0 Å². The molecular formula is C34H33F3N4O4S. The van der Waals surface area contributed by atoms with E-state index in [1.54, 1.807) is 66.6 Å². The Labute approximate surface area is 268 Å². The van der Waals surface area contributed by atoms with Gasteiger partial charge >= 0.3 is 6.18 Å². The van der Waals surface area contributed by atoms with Crippen LogP contribution in [0.4, 0.5) is 18.9 Å². The van der Waals surface area contributed by atoms with Crippen LogP contribution in [0.5, 0.6) is 5.75 Å². The van der Waals surface area contributed by atoms with Gasteiger partial charge in [0, 0.05) is 41.2 Å². The molecule has 8 nitrogen and oxygen atoms in total. The van der Waals surface area contributed by atoms with E-state index in [1.807, 2.05) is 0 Å². The summed E-state index contributed by atoms with van der Waals surface area (Å²) in [6.45, 7) is 4.43. The van der Waals surface area contributed by atoms with Crippen molar-refractivity contribution in [1.82, 2.24) is 15.2 Å². The molecule has 4 N–H and O–H groups in total. The number of hydrogen-bond donors (Lipinski definition) is 3. The van der Waals surface area contributed by atoms with Crippen LogP contribution in [0.2, 0.25) is 0 Å². The van der Waals surface area contributed by atoms with Crippen molar-refractivity contribution in [2.45, 2.75) is 56.5 Å². The number of ether oxygens (including phenoxy) is 1. The summed E-state index contributed by atoms with van der Waals surface area (Å²) in [6, 6.07) is 16.1. The number of piperidine rings is 1. The molecule has 1 fully saturated rings. The highest BCUT2D eigenvalue weighted by molar-refractivity contribution is 7.09. The van der Waals surface area contributed by atoms with Crippen LogP contribution in [0.25, 0.3) is 11.1 Å². The standard InChI is InChI=1S/C34H33F3N4O4S/c1-33(2)29(42)28(25-17-22(38)11-12-27(25)45-33)40-30(43)26-18-46-31(39-26)20-13-15-41(16-14-20)32(44)24-6-4-3-5-23(24)19-7-9-21(10-8-19)34(35,36)37/h3-12,17-18,20,28-29,42H,13-16,38H2,1-2H3,(H,40,43). The van der Waals surface area contributed by atoms with Gasteiger partial charge in [0.25, 0.3) is 11.8 Å². The van der Waals surface area contributed by atoms with Crippen molar-refractivity contribution in [3.8, 4) is 16.9 Å². The van der Waals surface area contributed by atoms with E-state index >= 15 is 0 Å². The molecule has 0 spiro atoms. The Morgan fingerprint density at radius 1 is 1.07 bits per heavy atom. The molecule has 6 rings (SSSR count). The SMILES string of the molecule is CC1(C)Oc2ccc(N)cc2C(NC(=O)c2csc(C3CCN(C(=O)c4ccccc4-c4ccc(C(F)(F)F)cc4)CC3)n2)C1O. The summed E-state index contributed by atoms with van der Waals surface area (Å²) in [6.07, 6.45) is -4.19. The van der Waals surface area contributed by atoms with E-state index in [1.165, 1.54) is 23.5 Å². The van der Waals surface area contributed by atoms with Crippen LogP contribution >= 0.6 is 11.3 Å². The van der Waals surface area contributed by atoms with E-state index in [-0.39, 0.29) is 17.5 Å². The fourth-order valence-electron chi connectivity index (χ4n) is 6.03. The van der Waals surface area contributed by atoms with Crippen LogP contribution in [-0.4, -0.2) is 51.6 Å². The molecule has 2 unspecified atom stereocenters. The van der Waals surface area contributed by atoms with E-state index in [0.29, 0.717) is 59.6 Å². The first kappa shape index (κ1) is 31.6. The van der Waals surface area contributed by atoms with Crippen molar-refractivity contribution in [2.75, 3.05) is 18.8 Å². The molecule has 1 saturated heterocycles. The number of amides is 2. The molecule has 0 saturated carbocycles. The number of nitrogens with one attached hydrogen (secondary N) is 1. The van der Waals surface area contributed by atoms with Crippen LogP contribution < -0.4 is 15.8 Å². The van der Waals surface area contributed by atoms with Crippen LogP contribution in [-0.2, 0) is 6.18 Å². The number of likely N-dealkylation sites (tertiary alicyclic amines) is 1. The average molecular weight is 651 g/mol. The van der Waals surface area contributed by atoms with Gasteiger partial charge in [-0.1, -0.05) is 30.3 Å². The van der Waals surface area contributed by atoms with Gasteiger partial charge in [0.05, 0.1) is 16.6 Å². The van der Waals surface area contributed by atoms with Crippen molar-refractivity contribution < 1.29 is 32.6 Å². The summed E-state index contributed by atoms with van der Waals surface area (Å²) < 4.78 is 45.1. The third-order valence-electron chi connectivity index (χ3n) is 8.62. The zero-order valence-electron chi connectivity index (χ0n) is 25.2. The lowest BCUT2D eigenvalue weighted by Crippen LogP contribution is -2.53. The molecule has 46 heavy (non-hydrogen) atoms. The highest BCUT2D eigenvalue weighted by Crippen LogP contribution is 2.41. The maximum Gasteiger partial charge on any atom is 0.416 e. The normalized spacial score (nSPS) is 19.7. The predicted molar refractivity (Wildman–Crippen MR) is 169 cm³/mol. The Morgan fingerprint density at radius 3 is 2.46 bits per heavy atom. The number of carbonyl (C=O) groups is 2. The number of fused-ring (bicyclic) bond motifs is 1. The monoisotopic (exact) mass is 650 g/mol. The molecule has 3 heterocycles. The number of carbonyl (C=O) groups excluding carboxylic acids is 2. The van der Waals surface area contributed by atoms with Gasteiger partial charge in [-0.05, 0) is 74.2 Å². The van der Waals surface area contributed by atoms with Gasteiger partial charge in [-0.3, -0.25) is 9.59 Å². The number of aromatic nitrogens is 1. The zero-order chi connectivity index (χ0) is 32.8. The number of nitrogens with zero attached hydrogens (tertiary/aromatic N) is 2. The molecule has 12 heteroatoms. The molecule has 2 aliphatic heterocycles. The summed E-state index contributed by atoms with van der Waals surface area (Å²) in [5.74, 6) is -0.0249. The number of nitrogen functional groups attached to an aromatic ring is 1. The van der Waals surface area contributed by atoms with Gasteiger partial charge < -0.3 is 25.8 Å². The minimum absolute atomic E-state index is 0.0499. The number of halogens is 3. The number of thiazole rings is 1. The second-order valence-electron chi connectivity index (χ2n) is 12.2. The topological polar surface area (TPSA) is 118 Å². The number of aliphatic hydroxyl groups excluding tert-OH is 1. The predicted octanol–water partition coefficient (Wildman–Crippen LogP) is 6.43. The summed E-state index contributed by atoms with van der Waals surface area (Å²) in [5.41, 5.74) is 7.13. The lowest BCUT2D eigenvalue weighted by atomic mass is 9.86. The van der Waals surface area contributed by atoms with Crippen LogP contribution in [0, 0.1) is 0 Å². The molecule has 2 amide bonds. The van der Waals surface area contributed by atoms with Crippen molar-refractivity contribution in [1.29, 1.82) is 0 Å². The largest absolute Gasteiger partial charge is 0.485 e. The van der Waals surface area contributed by atoms with Gasteiger partial charge in [0.2, 0.25) is 0 Å². The van der Waals surface area contributed by atoms with E-state index < -0.39 is 35.4 Å². The molecule has 1 aromatic heterocycles. The van der Waals surface area contributed by atoms with E-state index in [9.17, 15) is 27.9 Å². The third kappa shape index (κ3) is 6.19. The molecule has 3 aromatic carbocycles. The molecule has 2 aliphatic rings. The number of benzene rings is 3. The molecular weight excluding hydrogens is 617 g/mol. The number of hydrogen-bond acceptors (Lipinski definition) is 7. The molecule has 0 radical (unpaired) electrons. The van der Waals surface area contributed by atoms with E-state index in [4.69, 9.17) is 10.5 Å². The first-order valence-electron chi connectivity index (χ1n) is 14.9. The zero-order valence-corrected chi connectivity index (χ0v) is 26.0. The first-order valence-corrected chi connectivity index (χ1v) is 15.8. The molecule has 240 valence electrons. The maximum atomic E-state index is 13.6. The van der Waals surface area contributed by atoms with Gasteiger partial charge in [-0.2, -0.15) is 13.2 Å². The fourth-order valence-corrected chi connectivity index (χ4v) is 7.00. The summed E-state index contributed by atoms with van der Waals surface area (Å²) in [5, 5.41) is 16.4. The van der Waals surface area contributed by atoms with Crippen molar-refractivity contribution >= 4 is 28.8 Å². The Kier molecular flexibility index (Phi) is 8.28. The second-order valence-corrected chi connectivity index (χ2v) is 13.0. The number of aliphatic hydroxyl groups is 1. The van der Waals surface area contributed by atoms with Gasteiger partial charge in [0.1, 0.15) is 23.1 Å². The number of alkyl halides is 3. The van der Waals surface area contributed by atoms with Crippen LogP contribution in [0.3, 0.4) is 0 Å². The Hall–Kier alpha value is -4.42. The summed E-state index contributed by atoms with van der Waals surface area (Å²) >= 11 is 1.38. The highest BCUT2D eigenvalue weighted by Gasteiger charge is 2.44. The van der Waals surface area contributed by atoms with Gasteiger partial charge in [0.15, 0.2) is 0 Å². The first-order chi connectivity index (χ1) is 21.8. The van der Waals surface area contributed by atoms with E-state index in [0.717, 1.165) is 17.1 Å². The smallest absolute Gasteiger partial charge is 0.416 e. The lowest BCUT2D eigenvalue weighted by molar-refractivity contribution is -0.137. The number of anilines is 1. The third-order valence-corrected chi connectivity index (χ3v) is 9.63. The van der Waals surface area contributed by atoms with E-state index in [2.05, 4.69) is 10.3 Å². The van der Waals surface area contributed by atoms with Crippen molar-refractivity contribution in [3.63, 3.8) is 0 Å². The van der Waals surface area contributed by atoms with Gasteiger partial charge in [-0.25, -0.2) is 4.98 Å². The molecule has 4 aromatic rings. The average Bonchev–Trinajstić information content (AvgIpc) is 3.54. The fraction of sp³-hybridized carbons (Fsp3) is 0.324. The minimum atomic E-state index is -4.44. The van der Waals surface area contributed by atoms with Crippen LogP contribution in [0.1, 0.15) is 75.6 Å². The summed E-state index contributed by atoms with van der Waals surface area (Å²) in [7, 11) is 0. The van der Waals surface area contributed by atoms with Crippen LogP contribution in [0.15, 0.2) is 72.1 Å². The Balaban J connectivity index is 1.11.